The van der Waals surface area contributed by atoms with E-state index in [9.17, 15) is 22.4 Å². The van der Waals surface area contributed by atoms with Gasteiger partial charge in [-0.1, -0.05) is 6.07 Å². The van der Waals surface area contributed by atoms with Gasteiger partial charge in [0.05, 0.1) is 16.9 Å². The standard InChI is InChI=1S/C29H28F5N5O2/c1-18-26(38-16-20(30)5-11-25(38)36-18)27(40)35-15-19-4-10-24(23(31)14-19)37-12-13-39(28(2,3)17-37)21-6-8-22(9-7-21)41-29(32,33)34/h4-11,14,16H,12-13,15,17H2,1-3H3,(H,35,40). The lowest BCUT2D eigenvalue weighted by Gasteiger charge is -2.49. The van der Waals surface area contributed by atoms with Crippen molar-refractivity contribution in [2.45, 2.75) is 39.2 Å². The topological polar surface area (TPSA) is 62.1 Å². The Morgan fingerprint density at radius 1 is 1.05 bits per heavy atom. The molecule has 5 rings (SSSR count). The van der Waals surface area contributed by atoms with Gasteiger partial charge in [0, 0.05) is 38.1 Å². The van der Waals surface area contributed by atoms with Crippen LogP contribution in [0.25, 0.3) is 5.65 Å². The van der Waals surface area contributed by atoms with Crippen LogP contribution in [0.1, 0.15) is 35.6 Å². The number of aryl methyl sites for hydroxylation is 1. The van der Waals surface area contributed by atoms with Gasteiger partial charge in [-0.25, -0.2) is 13.8 Å². The zero-order chi connectivity index (χ0) is 29.5. The highest BCUT2D eigenvalue weighted by Crippen LogP contribution is 2.33. The van der Waals surface area contributed by atoms with Gasteiger partial charge in [0.25, 0.3) is 5.91 Å². The van der Waals surface area contributed by atoms with E-state index in [2.05, 4.69) is 19.9 Å². The summed E-state index contributed by atoms with van der Waals surface area (Å²) in [4.78, 5) is 21.1. The number of nitrogens with zero attached hydrogens (tertiary/aromatic N) is 4. The molecule has 0 saturated carbocycles. The van der Waals surface area contributed by atoms with Crippen molar-refractivity contribution in [3.05, 3.63) is 89.4 Å². The van der Waals surface area contributed by atoms with Crippen molar-refractivity contribution in [1.82, 2.24) is 14.7 Å². The Hall–Kier alpha value is -4.35. The molecule has 4 aromatic rings. The number of alkyl halides is 3. The maximum Gasteiger partial charge on any atom is 0.573 e. The molecule has 2 aromatic heterocycles. The lowest BCUT2D eigenvalue weighted by atomic mass is 9.97. The van der Waals surface area contributed by atoms with E-state index < -0.39 is 29.4 Å². The number of aromatic nitrogens is 2. The van der Waals surface area contributed by atoms with E-state index in [1.165, 1.54) is 40.9 Å². The van der Waals surface area contributed by atoms with Crippen LogP contribution in [0, 0.1) is 18.6 Å². The van der Waals surface area contributed by atoms with E-state index in [4.69, 9.17) is 0 Å². The van der Waals surface area contributed by atoms with Crippen molar-refractivity contribution in [3.63, 3.8) is 0 Å². The van der Waals surface area contributed by atoms with Gasteiger partial charge in [0.2, 0.25) is 0 Å². The summed E-state index contributed by atoms with van der Waals surface area (Å²) < 4.78 is 71.8. The van der Waals surface area contributed by atoms with E-state index in [1.807, 2.05) is 18.7 Å². The van der Waals surface area contributed by atoms with Crippen LogP contribution in [-0.2, 0) is 6.54 Å². The molecule has 0 unspecified atom stereocenters. The maximum absolute atomic E-state index is 15.3. The summed E-state index contributed by atoms with van der Waals surface area (Å²) >= 11 is 0. The number of carbonyl (C=O) groups excluding carboxylic acids is 1. The fourth-order valence-corrected chi connectivity index (χ4v) is 5.26. The van der Waals surface area contributed by atoms with Crippen molar-refractivity contribution in [1.29, 1.82) is 0 Å². The maximum atomic E-state index is 15.3. The van der Waals surface area contributed by atoms with Crippen LogP contribution >= 0.6 is 0 Å². The number of hydrogen-bond acceptors (Lipinski definition) is 5. The lowest BCUT2D eigenvalue weighted by Crippen LogP contribution is -2.60. The first kappa shape index (κ1) is 28.2. The third kappa shape index (κ3) is 6.06. The van der Waals surface area contributed by atoms with Crippen LogP contribution in [-0.4, -0.2) is 46.8 Å². The largest absolute Gasteiger partial charge is 0.573 e. The zero-order valence-electron chi connectivity index (χ0n) is 22.6. The number of ether oxygens (including phenoxy) is 1. The number of anilines is 2. The Kier molecular flexibility index (Phi) is 7.26. The number of fused-ring (bicyclic) bond motifs is 1. The van der Waals surface area contributed by atoms with Crippen LogP contribution in [0.2, 0.25) is 0 Å². The molecular formula is C29H28F5N5O2. The van der Waals surface area contributed by atoms with Gasteiger partial charge in [-0.05, 0) is 74.9 Å². The van der Waals surface area contributed by atoms with Crippen molar-refractivity contribution < 1.29 is 31.5 Å². The van der Waals surface area contributed by atoms with Gasteiger partial charge < -0.3 is 19.9 Å². The summed E-state index contributed by atoms with van der Waals surface area (Å²) in [5, 5.41) is 2.75. The average molecular weight is 574 g/mol. The second-order valence-electron chi connectivity index (χ2n) is 10.5. The molecule has 216 valence electrons. The average Bonchev–Trinajstić information content (AvgIpc) is 3.21. The quantitative estimate of drug-likeness (QED) is 0.293. The van der Waals surface area contributed by atoms with Gasteiger partial charge >= 0.3 is 6.36 Å². The Morgan fingerprint density at radius 2 is 1.78 bits per heavy atom. The predicted octanol–water partition coefficient (Wildman–Crippen LogP) is 5.85. The molecular weight excluding hydrogens is 545 g/mol. The highest BCUT2D eigenvalue weighted by atomic mass is 19.4. The summed E-state index contributed by atoms with van der Waals surface area (Å²) in [5.41, 5.74) is 2.33. The molecule has 0 aliphatic carbocycles. The lowest BCUT2D eigenvalue weighted by molar-refractivity contribution is -0.274. The van der Waals surface area contributed by atoms with Crippen molar-refractivity contribution in [2.24, 2.45) is 0 Å². The Morgan fingerprint density at radius 3 is 2.44 bits per heavy atom. The van der Waals surface area contributed by atoms with Crippen LogP contribution in [0.3, 0.4) is 0 Å². The van der Waals surface area contributed by atoms with E-state index in [1.54, 1.807) is 31.2 Å². The summed E-state index contributed by atoms with van der Waals surface area (Å²) in [7, 11) is 0. The number of pyridine rings is 1. The molecule has 1 aliphatic rings. The molecule has 0 atom stereocenters. The van der Waals surface area contributed by atoms with Gasteiger partial charge in [0.15, 0.2) is 0 Å². The summed E-state index contributed by atoms with van der Waals surface area (Å²) in [6.07, 6.45) is -3.57. The SMILES string of the molecule is Cc1nc2ccc(F)cn2c1C(=O)NCc1ccc(N2CCN(c3ccc(OC(F)(F)F)cc3)C(C)(C)C2)c(F)c1. The number of piperazine rings is 1. The third-order valence-electron chi connectivity index (χ3n) is 7.06. The van der Waals surface area contributed by atoms with Crippen LogP contribution in [0.4, 0.5) is 33.3 Å². The number of imidazole rings is 1. The Labute approximate surface area is 233 Å². The number of nitrogens with one attached hydrogen (secondary N) is 1. The fraction of sp³-hybridized carbons (Fsp3) is 0.310. The van der Waals surface area contributed by atoms with E-state index >= 15 is 4.39 Å². The molecule has 0 spiro atoms. The number of benzene rings is 2. The molecule has 1 amide bonds. The minimum atomic E-state index is -4.76. The smallest absolute Gasteiger partial charge is 0.406 e. The summed E-state index contributed by atoms with van der Waals surface area (Å²) in [5.74, 6) is -1.69. The van der Waals surface area contributed by atoms with Gasteiger partial charge in [-0.3, -0.25) is 9.20 Å². The van der Waals surface area contributed by atoms with Gasteiger partial charge in [-0.15, -0.1) is 13.2 Å². The molecule has 7 nitrogen and oxygen atoms in total. The number of amides is 1. The van der Waals surface area contributed by atoms with Crippen molar-refractivity contribution in [2.75, 3.05) is 29.4 Å². The van der Waals surface area contributed by atoms with E-state index in [0.717, 1.165) is 5.69 Å². The normalized spacial score (nSPS) is 15.3. The van der Waals surface area contributed by atoms with Gasteiger partial charge in [0.1, 0.15) is 28.7 Å². The first-order valence-electron chi connectivity index (χ1n) is 12.9. The molecule has 2 aromatic carbocycles. The van der Waals surface area contributed by atoms with Crippen molar-refractivity contribution in [3.8, 4) is 5.75 Å². The van der Waals surface area contributed by atoms with E-state index in [-0.39, 0.29) is 18.0 Å². The fourth-order valence-electron chi connectivity index (χ4n) is 5.26. The second-order valence-corrected chi connectivity index (χ2v) is 10.5. The second kappa shape index (κ2) is 10.6. The monoisotopic (exact) mass is 573 g/mol. The number of rotatable bonds is 6. The molecule has 3 heterocycles. The highest BCUT2D eigenvalue weighted by molar-refractivity contribution is 5.94. The van der Waals surface area contributed by atoms with Crippen LogP contribution in [0.5, 0.6) is 5.75 Å². The molecule has 1 saturated heterocycles. The molecule has 1 aliphatic heterocycles. The zero-order valence-corrected chi connectivity index (χ0v) is 22.6. The minimum Gasteiger partial charge on any atom is -0.406 e. The number of carbonyl (C=O) groups is 1. The Bertz CT molecular complexity index is 1580. The van der Waals surface area contributed by atoms with E-state index in [0.29, 0.717) is 42.2 Å². The molecule has 12 heteroatoms. The molecule has 41 heavy (non-hydrogen) atoms. The van der Waals surface area contributed by atoms with Gasteiger partial charge in [-0.2, -0.15) is 0 Å². The molecule has 1 fully saturated rings. The third-order valence-corrected chi connectivity index (χ3v) is 7.06. The number of halogens is 5. The highest BCUT2D eigenvalue weighted by Gasteiger charge is 2.35. The van der Waals surface area contributed by atoms with Crippen LogP contribution in [0.15, 0.2) is 60.8 Å². The molecule has 0 radical (unpaired) electrons. The molecule has 1 N–H and O–H groups in total. The van der Waals surface area contributed by atoms with Crippen molar-refractivity contribution >= 4 is 22.9 Å². The minimum absolute atomic E-state index is 0.0609. The first-order valence-corrected chi connectivity index (χ1v) is 12.9. The summed E-state index contributed by atoms with van der Waals surface area (Å²) in [6, 6.07) is 13.2. The number of hydrogen-bond donors (Lipinski definition) is 1. The first-order chi connectivity index (χ1) is 19.3. The summed E-state index contributed by atoms with van der Waals surface area (Å²) in [6.45, 7) is 7.15. The molecule has 0 bridgehead atoms. The Balaban J connectivity index is 1.24. The van der Waals surface area contributed by atoms with Crippen LogP contribution < -0.4 is 19.9 Å². The predicted molar refractivity (Wildman–Crippen MR) is 144 cm³/mol.